The quantitative estimate of drug-likeness (QED) is 0.616. The minimum absolute atomic E-state index is 0.0824. The van der Waals surface area contributed by atoms with Gasteiger partial charge in [0.15, 0.2) is 0 Å². The topological polar surface area (TPSA) is 102 Å². The van der Waals surface area contributed by atoms with Gasteiger partial charge in [-0.1, -0.05) is 12.1 Å². The molecule has 0 saturated carbocycles. The predicted molar refractivity (Wildman–Crippen MR) is 81.7 cm³/mol. The highest BCUT2D eigenvalue weighted by molar-refractivity contribution is 5.81. The van der Waals surface area contributed by atoms with E-state index in [2.05, 4.69) is 0 Å². The minimum Gasteiger partial charge on any atom is -0.370 e. The lowest BCUT2D eigenvalue weighted by molar-refractivity contribution is -0.384. The van der Waals surface area contributed by atoms with Gasteiger partial charge in [-0.25, -0.2) is 0 Å². The number of nitrogens with two attached hydrogens (primary N) is 1. The number of rotatable bonds is 5. The van der Waals surface area contributed by atoms with Crippen molar-refractivity contribution in [2.24, 2.45) is 5.73 Å². The molecule has 1 unspecified atom stereocenters. The van der Waals surface area contributed by atoms with Crippen LogP contribution < -0.4 is 10.6 Å². The second-order valence-corrected chi connectivity index (χ2v) is 5.02. The molecule has 1 amide bonds. The fourth-order valence-corrected chi connectivity index (χ4v) is 2.56. The van der Waals surface area contributed by atoms with Gasteiger partial charge in [0.2, 0.25) is 0 Å². The van der Waals surface area contributed by atoms with Crippen molar-refractivity contribution >= 4 is 17.3 Å². The van der Waals surface area contributed by atoms with Gasteiger partial charge >= 0.3 is 0 Å². The molecule has 22 heavy (non-hydrogen) atoms. The molecule has 1 saturated heterocycles. The fourth-order valence-electron chi connectivity index (χ4n) is 2.56. The van der Waals surface area contributed by atoms with Crippen molar-refractivity contribution in [2.45, 2.75) is 6.10 Å². The average Bonchev–Trinajstić information content (AvgIpc) is 2.56. The Kier molecular flexibility index (Phi) is 5.29. The van der Waals surface area contributed by atoms with E-state index in [9.17, 15) is 14.9 Å². The third-order valence-corrected chi connectivity index (χ3v) is 3.78. The van der Waals surface area contributed by atoms with E-state index in [4.69, 9.17) is 10.5 Å². The number of amides is 1. The van der Waals surface area contributed by atoms with E-state index < -0.39 is 6.10 Å². The summed E-state index contributed by atoms with van der Waals surface area (Å²) >= 11 is 0. The summed E-state index contributed by atoms with van der Waals surface area (Å²) in [7, 11) is 1.46. The number of nitro groups is 1. The number of benzene rings is 1. The fraction of sp³-hybridized carbons (Fsp3) is 0.500. The first-order chi connectivity index (χ1) is 10.6. The summed E-state index contributed by atoms with van der Waals surface area (Å²) < 4.78 is 5.06. The molecule has 2 N–H and O–H groups in total. The van der Waals surface area contributed by atoms with E-state index in [0.29, 0.717) is 31.9 Å². The summed E-state index contributed by atoms with van der Waals surface area (Å²) in [5.41, 5.74) is 6.17. The second-order valence-electron chi connectivity index (χ2n) is 5.02. The summed E-state index contributed by atoms with van der Waals surface area (Å²) in [6.07, 6.45) is -0.627. The highest BCUT2D eigenvalue weighted by Gasteiger charge is 2.28. The largest absolute Gasteiger partial charge is 0.370 e. The van der Waals surface area contributed by atoms with Crippen LogP contribution in [-0.2, 0) is 9.53 Å². The number of hydrogen-bond acceptors (Lipinski definition) is 6. The van der Waals surface area contributed by atoms with Crippen molar-refractivity contribution in [2.75, 3.05) is 44.7 Å². The molecular formula is C14H20N4O4. The Hall–Kier alpha value is -2.19. The number of para-hydroxylation sites is 2. The Morgan fingerprint density at radius 2 is 2.00 bits per heavy atom. The summed E-state index contributed by atoms with van der Waals surface area (Å²) in [5.74, 6) is -0.132. The van der Waals surface area contributed by atoms with Crippen LogP contribution in [0.15, 0.2) is 24.3 Å². The molecule has 8 nitrogen and oxygen atoms in total. The maximum Gasteiger partial charge on any atom is 0.292 e. The third-order valence-electron chi connectivity index (χ3n) is 3.78. The van der Waals surface area contributed by atoms with Crippen LogP contribution in [0.2, 0.25) is 0 Å². The number of hydrogen-bond donors (Lipinski definition) is 1. The zero-order valence-corrected chi connectivity index (χ0v) is 12.5. The third kappa shape index (κ3) is 3.34. The number of piperazine rings is 1. The molecule has 1 aliphatic rings. The lowest BCUT2D eigenvalue weighted by Gasteiger charge is -2.36. The van der Waals surface area contributed by atoms with Crippen molar-refractivity contribution in [1.82, 2.24) is 4.90 Å². The van der Waals surface area contributed by atoms with Gasteiger partial charge in [0.05, 0.1) is 4.92 Å². The van der Waals surface area contributed by atoms with Crippen molar-refractivity contribution in [3.05, 3.63) is 34.4 Å². The molecule has 0 spiro atoms. The smallest absolute Gasteiger partial charge is 0.292 e. The molecule has 0 aromatic heterocycles. The molecule has 1 heterocycles. The van der Waals surface area contributed by atoms with Crippen LogP contribution in [0.1, 0.15) is 0 Å². The van der Waals surface area contributed by atoms with Crippen LogP contribution >= 0.6 is 0 Å². The van der Waals surface area contributed by atoms with E-state index in [1.807, 2.05) is 4.90 Å². The van der Waals surface area contributed by atoms with Gasteiger partial charge in [-0.05, 0) is 6.07 Å². The summed E-state index contributed by atoms with van der Waals surface area (Å²) in [5, 5.41) is 11.1. The molecule has 0 radical (unpaired) electrons. The first-order valence-electron chi connectivity index (χ1n) is 7.08. The van der Waals surface area contributed by atoms with Crippen molar-refractivity contribution in [1.29, 1.82) is 0 Å². The van der Waals surface area contributed by atoms with Crippen molar-refractivity contribution in [3.8, 4) is 0 Å². The summed E-state index contributed by atoms with van der Waals surface area (Å²) in [4.78, 5) is 26.5. The number of methoxy groups -OCH3 is 1. The summed E-state index contributed by atoms with van der Waals surface area (Å²) in [6, 6.07) is 6.64. The van der Waals surface area contributed by atoms with E-state index in [0.717, 1.165) is 0 Å². The number of carbonyl (C=O) groups excluding carboxylic acids is 1. The van der Waals surface area contributed by atoms with Crippen LogP contribution in [0.5, 0.6) is 0 Å². The van der Waals surface area contributed by atoms with Gasteiger partial charge in [0, 0.05) is 45.9 Å². The van der Waals surface area contributed by atoms with Crippen LogP contribution in [-0.4, -0.2) is 61.7 Å². The number of anilines is 1. The molecule has 1 aromatic carbocycles. The average molecular weight is 308 g/mol. The highest BCUT2D eigenvalue weighted by Crippen LogP contribution is 2.28. The lowest BCUT2D eigenvalue weighted by Crippen LogP contribution is -2.53. The maximum atomic E-state index is 12.2. The van der Waals surface area contributed by atoms with Gasteiger partial charge in [0.25, 0.3) is 11.6 Å². The van der Waals surface area contributed by atoms with Crippen LogP contribution in [0.4, 0.5) is 11.4 Å². The van der Waals surface area contributed by atoms with Crippen LogP contribution in [0.25, 0.3) is 0 Å². The van der Waals surface area contributed by atoms with Crippen molar-refractivity contribution < 1.29 is 14.5 Å². The molecule has 1 atom stereocenters. The Balaban J connectivity index is 2.04. The van der Waals surface area contributed by atoms with Crippen LogP contribution in [0.3, 0.4) is 0 Å². The molecule has 0 aliphatic carbocycles. The van der Waals surface area contributed by atoms with E-state index in [1.54, 1.807) is 23.1 Å². The standard InChI is InChI=1S/C14H20N4O4/c1-22-13(10-15)14(19)17-8-6-16(7-9-17)11-4-2-3-5-12(11)18(20)21/h2-5,13H,6-10,15H2,1H3. The van der Waals surface area contributed by atoms with Gasteiger partial charge in [-0.2, -0.15) is 0 Å². The predicted octanol–water partition coefficient (Wildman–Crippen LogP) is 0.217. The Labute approximate surface area is 128 Å². The SMILES string of the molecule is COC(CN)C(=O)N1CCN(c2ccccc2[N+](=O)[O-])CC1. The number of nitrogens with zero attached hydrogens (tertiary/aromatic N) is 3. The molecule has 1 aliphatic heterocycles. The molecule has 1 fully saturated rings. The second kappa shape index (κ2) is 7.19. The zero-order valence-electron chi connectivity index (χ0n) is 12.5. The molecular weight excluding hydrogens is 288 g/mol. The number of nitro benzene ring substituents is 1. The van der Waals surface area contributed by atoms with Crippen LogP contribution in [0, 0.1) is 10.1 Å². The number of carbonyl (C=O) groups is 1. The normalized spacial score (nSPS) is 16.5. The van der Waals surface area contributed by atoms with Crippen molar-refractivity contribution in [3.63, 3.8) is 0 Å². The molecule has 120 valence electrons. The lowest BCUT2D eigenvalue weighted by atomic mass is 10.2. The monoisotopic (exact) mass is 308 g/mol. The van der Waals surface area contributed by atoms with E-state index in [-0.39, 0.29) is 23.1 Å². The first-order valence-corrected chi connectivity index (χ1v) is 7.08. The van der Waals surface area contributed by atoms with Gasteiger partial charge in [-0.15, -0.1) is 0 Å². The summed E-state index contributed by atoms with van der Waals surface area (Å²) in [6.45, 7) is 2.20. The molecule has 2 rings (SSSR count). The molecule has 1 aromatic rings. The number of ether oxygens (including phenoxy) is 1. The Morgan fingerprint density at radius 1 is 1.36 bits per heavy atom. The molecule has 0 bridgehead atoms. The molecule has 8 heteroatoms. The highest BCUT2D eigenvalue weighted by atomic mass is 16.6. The van der Waals surface area contributed by atoms with Gasteiger partial charge in [-0.3, -0.25) is 14.9 Å². The van der Waals surface area contributed by atoms with E-state index >= 15 is 0 Å². The van der Waals surface area contributed by atoms with Gasteiger partial charge in [0.1, 0.15) is 11.8 Å². The van der Waals surface area contributed by atoms with E-state index in [1.165, 1.54) is 13.2 Å². The minimum atomic E-state index is -0.627. The Bertz CT molecular complexity index is 539. The maximum absolute atomic E-state index is 12.2. The van der Waals surface area contributed by atoms with Gasteiger partial charge < -0.3 is 20.3 Å². The first kappa shape index (κ1) is 16.2. The Morgan fingerprint density at radius 3 is 2.55 bits per heavy atom. The zero-order chi connectivity index (χ0) is 16.1.